The van der Waals surface area contributed by atoms with Gasteiger partial charge in [0.1, 0.15) is 6.10 Å². The van der Waals surface area contributed by atoms with Gasteiger partial charge in [-0.25, -0.2) is 5.14 Å². The third-order valence-electron chi connectivity index (χ3n) is 2.09. The average molecular weight is 270 g/mol. The number of aliphatic hydroxyl groups is 1. The predicted octanol–water partition coefficient (Wildman–Crippen LogP) is -0.203. The van der Waals surface area contributed by atoms with Gasteiger partial charge in [0, 0.05) is 0 Å². The largest absolute Gasteiger partial charge is 0.383 e. The van der Waals surface area contributed by atoms with Gasteiger partial charge in [0.05, 0.1) is 0 Å². The van der Waals surface area contributed by atoms with Gasteiger partial charge in [-0.05, 0) is 12.3 Å². The normalized spacial score (nSPS) is 14.4. The topological polar surface area (TPSA) is 144 Å². The van der Waals surface area contributed by atoms with Crippen LogP contribution in [-0.2, 0) is 15.1 Å². The summed E-state index contributed by atoms with van der Waals surface area (Å²) in [6, 6.07) is 0. The molecule has 0 aromatic rings. The van der Waals surface area contributed by atoms with Crippen LogP contribution in [0.2, 0.25) is 0 Å². The molecule has 2 atom stereocenters. The Hall–Kier alpha value is -0.700. The maximum absolute atomic E-state index is 10.5. The van der Waals surface area contributed by atoms with Gasteiger partial charge in [-0.2, -0.15) is 8.42 Å². The Morgan fingerprint density at radius 1 is 1.35 bits per heavy atom. The van der Waals surface area contributed by atoms with Crippen molar-refractivity contribution in [3.8, 4) is 0 Å². The van der Waals surface area contributed by atoms with Gasteiger partial charge < -0.3 is 10.8 Å². The highest BCUT2D eigenvalue weighted by atomic mass is 32.2. The highest BCUT2D eigenvalue weighted by molar-refractivity contribution is 7.83. The van der Waals surface area contributed by atoms with Crippen LogP contribution in [-0.4, -0.2) is 30.1 Å². The molecule has 7 nitrogen and oxygen atoms in total. The van der Waals surface area contributed by atoms with Crippen molar-refractivity contribution in [3.05, 3.63) is 0 Å². The maximum Gasteiger partial charge on any atom is 0.330 e. The summed E-state index contributed by atoms with van der Waals surface area (Å²) in [6.45, 7) is 3.97. The summed E-state index contributed by atoms with van der Waals surface area (Å²) >= 11 is 0. The number of hydrogen-bond donors (Lipinski definition) is 4. The molecule has 0 aromatic carbocycles. The van der Waals surface area contributed by atoms with Crippen molar-refractivity contribution in [2.24, 2.45) is 16.8 Å². The molecule has 0 radical (unpaired) electrons. The molecule has 0 aliphatic rings. The van der Waals surface area contributed by atoms with Crippen LogP contribution in [0.15, 0.2) is 0 Å². The Labute approximate surface area is 102 Å². The van der Waals surface area contributed by atoms with Crippen LogP contribution < -0.4 is 10.9 Å². The number of nitrogens with two attached hydrogens (primary N) is 2. The molecule has 104 valence electrons. The van der Waals surface area contributed by atoms with Crippen molar-refractivity contribution in [1.29, 1.82) is 0 Å². The molecule has 2 unspecified atom stereocenters. The van der Waals surface area contributed by atoms with Crippen molar-refractivity contribution in [2.75, 3.05) is 0 Å². The van der Waals surface area contributed by atoms with Gasteiger partial charge in [-0.1, -0.05) is 33.1 Å². The zero-order valence-corrected chi connectivity index (χ0v) is 11.0. The zero-order chi connectivity index (χ0) is 14.1. The van der Waals surface area contributed by atoms with Gasteiger partial charge in [-0.15, -0.1) is 0 Å². The SMILES string of the molecule is CCCCCC(C)C(O)C(N)=O.NS(=O)(=O)O. The molecule has 0 rings (SSSR count). The number of aliphatic hydroxyl groups excluding tert-OH is 1. The second-order valence-corrected chi connectivity index (χ2v) is 4.87. The van der Waals surface area contributed by atoms with E-state index in [2.05, 4.69) is 12.1 Å². The molecule has 0 aliphatic carbocycles. The fraction of sp³-hybridized carbons (Fsp3) is 0.889. The Bertz CT molecular complexity index is 297. The Kier molecular flexibility index (Phi) is 10.3. The van der Waals surface area contributed by atoms with E-state index in [1.54, 1.807) is 0 Å². The molecular weight excluding hydrogens is 248 g/mol. The molecule has 8 heteroatoms. The van der Waals surface area contributed by atoms with Crippen LogP contribution in [0, 0.1) is 5.92 Å². The van der Waals surface area contributed by atoms with E-state index < -0.39 is 22.3 Å². The smallest absolute Gasteiger partial charge is 0.330 e. The van der Waals surface area contributed by atoms with Crippen LogP contribution in [0.25, 0.3) is 0 Å². The van der Waals surface area contributed by atoms with E-state index in [1.807, 2.05) is 6.92 Å². The molecule has 0 aromatic heterocycles. The Morgan fingerprint density at radius 3 is 2.06 bits per heavy atom. The van der Waals surface area contributed by atoms with E-state index in [-0.39, 0.29) is 5.92 Å². The summed E-state index contributed by atoms with van der Waals surface area (Å²) < 4.78 is 25.2. The number of rotatable bonds is 6. The number of primary amides is 1. The summed E-state index contributed by atoms with van der Waals surface area (Å²) in [6.07, 6.45) is 3.26. The first-order chi connectivity index (χ1) is 7.59. The fourth-order valence-electron chi connectivity index (χ4n) is 1.15. The lowest BCUT2D eigenvalue weighted by Crippen LogP contribution is -2.33. The van der Waals surface area contributed by atoms with Gasteiger partial charge in [0.2, 0.25) is 5.91 Å². The molecule has 0 spiro atoms. The minimum absolute atomic E-state index is 0.00551. The van der Waals surface area contributed by atoms with Crippen LogP contribution in [0.5, 0.6) is 0 Å². The van der Waals surface area contributed by atoms with Gasteiger partial charge in [-0.3, -0.25) is 9.35 Å². The molecule has 17 heavy (non-hydrogen) atoms. The third kappa shape index (κ3) is 17.9. The average Bonchev–Trinajstić information content (AvgIpc) is 2.14. The second kappa shape index (κ2) is 9.34. The predicted molar refractivity (Wildman–Crippen MR) is 64.2 cm³/mol. The minimum atomic E-state index is -4.17. The highest BCUT2D eigenvalue weighted by Gasteiger charge is 2.18. The van der Waals surface area contributed by atoms with E-state index in [0.29, 0.717) is 0 Å². The van der Waals surface area contributed by atoms with E-state index in [9.17, 15) is 9.90 Å². The molecule has 6 N–H and O–H groups in total. The summed E-state index contributed by atoms with van der Waals surface area (Å²) in [7, 11) is -4.17. The van der Waals surface area contributed by atoms with E-state index in [4.69, 9.17) is 18.7 Å². The van der Waals surface area contributed by atoms with E-state index in [1.165, 1.54) is 0 Å². The van der Waals surface area contributed by atoms with Crippen molar-refractivity contribution in [1.82, 2.24) is 0 Å². The van der Waals surface area contributed by atoms with Crippen molar-refractivity contribution in [2.45, 2.75) is 45.6 Å². The third-order valence-corrected chi connectivity index (χ3v) is 2.09. The summed E-state index contributed by atoms with van der Waals surface area (Å²) in [5, 5.41) is 13.1. The summed E-state index contributed by atoms with van der Waals surface area (Å²) in [4.78, 5) is 10.5. The number of carbonyl (C=O) groups is 1. The second-order valence-electron chi connectivity index (χ2n) is 3.84. The lowest BCUT2D eigenvalue weighted by Gasteiger charge is -2.14. The molecular formula is C9H22N2O5S. The summed E-state index contributed by atoms with van der Waals surface area (Å²) in [5.74, 6) is -0.618. The zero-order valence-electron chi connectivity index (χ0n) is 10.2. The number of amides is 1. The first kappa shape index (κ1) is 18.7. The molecule has 0 saturated heterocycles. The lowest BCUT2D eigenvalue weighted by atomic mass is 9.97. The minimum Gasteiger partial charge on any atom is -0.383 e. The standard InChI is InChI=1S/C9H19NO2.H3NO3S/c1-3-4-5-6-7(2)8(11)9(10)12;1-5(2,3)4/h7-8,11H,3-6H2,1-2H3,(H2,10,12);(H3,1,2,3,4). The number of unbranched alkanes of at least 4 members (excludes halogenated alkanes) is 2. The van der Waals surface area contributed by atoms with Gasteiger partial charge in [0.15, 0.2) is 0 Å². The highest BCUT2D eigenvalue weighted by Crippen LogP contribution is 2.12. The Morgan fingerprint density at radius 2 is 1.76 bits per heavy atom. The molecule has 0 bridgehead atoms. The fourth-order valence-corrected chi connectivity index (χ4v) is 1.15. The van der Waals surface area contributed by atoms with Gasteiger partial charge in [0.25, 0.3) is 0 Å². The molecule has 0 aliphatic heterocycles. The van der Waals surface area contributed by atoms with E-state index in [0.717, 1.165) is 25.7 Å². The molecule has 0 saturated carbocycles. The first-order valence-electron chi connectivity index (χ1n) is 5.32. The molecule has 0 fully saturated rings. The van der Waals surface area contributed by atoms with Crippen LogP contribution in [0.3, 0.4) is 0 Å². The maximum atomic E-state index is 10.5. The van der Waals surface area contributed by atoms with Gasteiger partial charge >= 0.3 is 10.3 Å². The number of carbonyl (C=O) groups excluding carboxylic acids is 1. The van der Waals surface area contributed by atoms with Crippen molar-refractivity contribution >= 4 is 16.2 Å². The van der Waals surface area contributed by atoms with Crippen LogP contribution in [0.1, 0.15) is 39.5 Å². The summed E-state index contributed by atoms with van der Waals surface area (Å²) in [5.41, 5.74) is 4.95. The van der Waals surface area contributed by atoms with Crippen molar-refractivity contribution in [3.63, 3.8) is 0 Å². The van der Waals surface area contributed by atoms with Crippen LogP contribution >= 0.6 is 0 Å². The lowest BCUT2D eigenvalue weighted by molar-refractivity contribution is -0.128. The van der Waals surface area contributed by atoms with Crippen LogP contribution in [0.4, 0.5) is 0 Å². The van der Waals surface area contributed by atoms with E-state index >= 15 is 0 Å². The molecule has 1 amide bonds. The molecule has 0 heterocycles. The number of hydrogen-bond acceptors (Lipinski definition) is 4. The monoisotopic (exact) mass is 270 g/mol. The quantitative estimate of drug-likeness (QED) is 0.390. The van der Waals surface area contributed by atoms with Crippen molar-refractivity contribution < 1.29 is 22.9 Å². The first-order valence-corrected chi connectivity index (χ1v) is 6.82. The Balaban J connectivity index is 0.